The molecule has 0 bridgehead atoms. The van der Waals surface area contributed by atoms with Crippen molar-refractivity contribution in [3.63, 3.8) is 0 Å². The fraction of sp³-hybridized carbons (Fsp3) is 0.222. The second-order valence-electron chi connectivity index (χ2n) is 6.21. The van der Waals surface area contributed by atoms with E-state index in [9.17, 15) is 18.0 Å². The molecule has 2 aromatic carbocycles. The van der Waals surface area contributed by atoms with Crippen LogP contribution in [0.2, 0.25) is 0 Å². The molecule has 0 saturated heterocycles. The SMILES string of the molecule is COc1ccccc1NS(=O)(=O)c1ccc(C(=O)NC(C)(C)C(=O)O)cc1. The molecule has 0 aliphatic carbocycles. The number of hydrogen-bond acceptors (Lipinski definition) is 5. The predicted octanol–water partition coefficient (Wildman–Crippen LogP) is 2.09. The van der Waals surface area contributed by atoms with E-state index >= 15 is 0 Å². The monoisotopic (exact) mass is 392 g/mol. The van der Waals surface area contributed by atoms with E-state index in [1.807, 2.05) is 0 Å². The molecule has 144 valence electrons. The number of anilines is 1. The number of carboxylic acids is 1. The number of hydrogen-bond donors (Lipinski definition) is 3. The van der Waals surface area contributed by atoms with E-state index in [2.05, 4.69) is 10.0 Å². The number of rotatable bonds is 7. The van der Waals surface area contributed by atoms with E-state index in [0.717, 1.165) is 0 Å². The third-order valence-corrected chi connectivity index (χ3v) is 5.12. The fourth-order valence-corrected chi connectivity index (χ4v) is 3.20. The Kier molecular flexibility index (Phi) is 5.75. The van der Waals surface area contributed by atoms with Crippen molar-refractivity contribution in [2.45, 2.75) is 24.3 Å². The Morgan fingerprint density at radius 3 is 2.19 bits per heavy atom. The number of aliphatic carboxylic acids is 1. The first kappa shape index (κ1) is 20.2. The number of amides is 1. The van der Waals surface area contributed by atoms with Gasteiger partial charge in [-0.05, 0) is 50.2 Å². The van der Waals surface area contributed by atoms with Gasteiger partial charge in [0.15, 0.2) is 0 Å². The molecule has 2 rings (SSSR count). The van der Waals surface area contributed by atoms with E-state index in [1.165, 1.54) is 45.2 Å². The topological polar surface area (TPSA) is 122 Å². The third-order valence-electron chi connectivity index (χ3n) is 3.74. The second kappa shape index (κ2) is 7.67. The Hall–Kier alpha value is -3.07. The average molecular weight is 392 g/mol. The lowest BCUT2D eigenvalue weighted by molar-refractivity contribution is -0.143. The fourth-order valence-electron chi connectivity index (χ4n) is 2.13. The summed E-state index contributed by atoms with van der Waals surface area (Å²) in [6.45, 7) is 2.70. The molecule has 27 heavy (non-hydrogen) atoms. The highest BCUT2D eigenvalue weighted by Crippen LogP contribution is 2.26. The van der Waals surface area contributed by atoms with Gasteiger partial charge in [0.2, 0.25) is 0 Å². The molecule has 0 aliphatic heterocycles. The number of ether oxygens (including phenoxy) is 1. The maximum atomic E-state index is 12.5. The highest BCUT2D eigenvalue weighted by Gasteiger charge is 2.29. The highest BCUT2D eigenvalue weighted by molar-refractivity contribution is 7.92. The van der Waals surface area contributed by atoms with Crippen molar-refractivity contribution in [2.75, 3.05) is 11.8 Å². The molecule has 0 aromatic heterocycles. The van der Waals surface area contributed by atoms with Gasteiger partial charge in [0, 0.05) is 5.56 Å². The second-order valence-corrected chi connectivity index (χ2v) is 7.90. The molecular weight excluding hydrogens is 372 g/mol. The molecule has 0 atom stereocenters. The van der Waals surface area contributed by atoms with Crippen molar-refractivity contribution in [1.82, 2.24) is 5.32 Å². The molecular formula is C18H20N2O6S. The first-order valence-corrected chi connectivity index (χ1v) is 9.37. The van der Waals surface area contributed by atoms with E-state index < -0.39 is 27.4 Å². The normalized spacial score (nSPS) is 11.5. The number of methoxy groups -OCH3 is 1. The van der Waals surface area contributed by atoms with Gasteiger partial charge in [-0.2, -0.15) is 0 Å². The maximum absolute atomic E-state index is 12.5. The summed E-state index contributed by atoms with van der Waals surface area (Å²) < 4.78 is 32.6. The van der Waals surface area contributed by atoms with Gasteiger partial charge >= 0.3 is 5.97 Å². The summed E-state index contributed by atoms with van der Waals surface area (Å²) in [5.41, 5.74) is -1.03. The van der Waals surface area contributed by atoms with Crippen molar-refractivity contribution in [3.05, 3.63) is 54.1 Å². The molecule has 0 saturated carbocycles. The van der Waals surface area contributed by atoms with Crippen LogP contribution in [0.25, 0.3) is 0 Å². The van der Waals surface area contributed by atoms with Crippen LogP contribution in [0.5, 0.6) is 5.75 Å². The molecule has 0 fully saturated rings. The Morgan fingerprint density at radius 1 is 1.04 bits per heavy atom. The summed E-state index contributed by atoms with van der Waals surface area (Å²) in [7, 11) is -2.46. The smallest absolute Gasteiger partial charge is 0.328 e. The first-order chi connectivity index (χ1) is 12.6. The van der Waals surface area contributed by atoms with Gasteiger partial charge < -0.3 is 15.2 Å². The standard InChI is InChI=1S/C18H20N2O6S/c1-18(2,17(22)23)19-16(21)12-8-10-13(11-9-12)27(24,25)20-14-6-4-5-7-15(14)26-3/h4-11,20H,1-3H3,(H,19,21)(H,22,23). The van der Waals surface area contributed by atoms with Crippen LogP contribution in [0.15, 0.2) is 53.4 Å². The molecule has 0 aliphatic rings. The molecule has 0 unspecified atom stereocenters. The zero-order valence-electron chi connectivity index (χ0n) is 15.0. The quantitative estimate of drug-likeness (QED) is 0.663. The maximum Gasteiger partial charge on any atom is 0.328 e. The van der Waals surface area contributed by atoms with Crippen molar-refractivity contribution in [2.24, 2.45) is 0 Å². The zero-order chi connectivity index (χ0) is 20.2. The lowest BCUT2D eigenvalue weighted by atomic mass is 10.1. The minimum Gasteiger partial charge on any atom is -0.495 e. The summed E-state index contributed by atoms with van der Waals surface area (Å²) in [6.07, 6.45) is 0. The van der Waals surface area contributed by atoms with Crippen LogP contribution in [0.4, 0.5) is 5.69 Å². The largest absolute Gasteiger partial charge is 0.495 e. The van der Waals surface area contributed by atoms with E-state index in [1.54, 1.807) is 24.3 Å². The van der Waals surface area contributed by atoms with Crippen molar-refractivity contribution >= 4 is 27.6 Å². The number of carboxylic acid groups (broad SMARTS) is 1. The molecule has 1 amide bonds. The van der Waals surface area contributed by atoms with Crippen molar-refractivity contribution in [1.29, 1.82) is 0 Å². The van der Waals surface area contributed by atoms with Gasteiger partial charge in [-0.15, -0.1) is 0 Å². The molecule has 0 heterocycles. The van der Waals surface area contributed by atoms with Crippen LogP contribution in [0, 0.1) is 0 Å². The molecule has 0 radical (unpaired) electrons. The van der Waals surface area contributed by atoms with Gasteiger partial charge in [0.25, 0.3) is 15.9 Å². The summed E-state index contributed by atoms with van der Waals surface area (Å²) in [4.78, 5) is 23.2. The zero-order valence-corrected chi connectivity index (χ0v) is 15.8. The van der Waals surface area contributed by atoms with Gasteiger partial charge in [-0.1, -0.05) is 12.1 Å². The van der Waals surface area contributed by atoms with Gasteiger partial charge in [-0.25, -0.2) is 13.2 Å². The minimum absolute atomic E-state index is 0.0533. The van der Waals surface area contributed by atoms with Gasteiger partial charge in [0.05, 0.1) is 17.7 Å². The summed E-state index contributed by atoms with van der Waals surface area (Å²) in [5, 5.41) is 11.4. The van der Waals surface area contributed by atoms with Crippen LogP contribution >= 0.6 is 0 Å². The number of nitrogens with one attached hydrogen (secondary N) is 2. The van der Waals surface area contributed by atoms with Crippen molar-refractivity contribution in [3.8, 4) is 5.75 Å². The van der Waals surface area contributed by atoms with Crippen molar-refractivity contribution < 1.29 is 27.9 Å². The summed E-state index contributed by atoms with van der Waals surface area (Å²) in [6, 6.07) is 11.7. The Bertz CT molecular complexity index is 952. The number of carbonyl (C=O) groups is 2. The predicted molar refractivity (Wildman–Crippen MR) is 99.4 cm³/mol. The van der Waals surface area contributed by atoms with Gasteiger partial charge in [-0.3, -0.25) is 9.52 Å². The Balaban J connectivity index is 2.21. The van der Waals surface area contributed by atoms with Crippen LogP contribution in [-0.2, 0) is 14.8 Å². The average Bonchev–Trinajstić information content (AvgIpc) is 2.61. The van der Waals surface area contributed by atoms with E-state index in [-0.39, 0.29) is 16.1 Å². The van der Waals surface area contributed by atoms with Crippen LogP contribution in [0.1, 0.15) is 24.2 Å². The molecule has 9 heteroatoms. The first-order valence-electron chi connectivity index (χ1n) is 7.88. The molecule has 0 spiro atoms. The van der Waals surface area contributed by atoms with Crippen LogP contribution in [0.3, 0.4) is 0 Å². The number of sulfonamides is 1. The lowest BCUT2D eigenvalue weighted by Crippen LogP contribution is -2.49. The number of carbonyl (C=O) groups excluding carboxylic acids is 1. The van der Waals surface area contributed by atoms with E-state index in [0.29, 0.717) is 5.75 Å². The van der Waals surface area contributed by atoms with Crippen LogP contribution < -0.4 is 14.8 Å². The number of benzene rings is 2. The Morgan fingerprint density at radius 2 is 1.63 bits per heavy atom. The van der Waals surface area contributed by atoms with E-state index in [4.69, 9.17) is 9.84 Å². The third kappa shape index (κ3) is 4.76. The van der Waals surface area contributed by atoms with Gasteiger partial charge in [0.1, 0.15) is 11.3 Å². The summed E-state index contributed by atoms with van der Waals surface area (Å²) >= 11 is 0. The highest BCUT2D eigenvalue weighted by atomic mass is 32.2. The Labute approximate surface area is 157 Å². The minimum atomic E-state index is -3.89. The molecule has 2 aromatic rings. The summed E-state index contributed by atoms with van der Waals surface area (Å²) in [5.74, 6) is -1.44. The lowest BCUT2D eigenvalue weighted by Gasteiger charge is -2.21. The number of para-hydroxylation sites is 2. The molecule has 3 N–H and O–H groups in total. The molecule has 8 nitrogen and oxygen atoms in total. The van der Waals surface area contributed by atoms with Crippen LogP contribution in [-0.4, -0.2) is 38.0 Å².